The van der Waals surface area contributed by atoms with E-state index in [0.29, 0.717) is 0 Å². The van der Waals surface area contributed by atoms with Gasteiger partial charge in [-0.05, 0) is 25.1 Å². The molecule has 2 rings (SSSR count). The van der Waals surface area contributed by atoms with Crippen LogP contribution in [0.15, 0.2) is 18.2 Å². The Bertz CT molecular complexity index is 823. The van der Waals surface area contributed by atoms with Crippen LogP contribution in [0.5, 0.6) is 0 Å². The predicted molar refractivity (Wildman–Crippen MR) is 107 cm³/mol. The number of amides is 2. The predicted octanol–water partition coefficient (Wildman–Crippen LogP) is 0.752. The average molecular weight is 438 g/mol. The van der Waals surface area contributed by atoms with Crippen LogP contribution in [0, 0.1) is 0 Å². The van der Waals surface area contributed by atoms with Gasteiger partial charge in [0.25, 0.3) is 0 Å². The highest BCUT2D eigenvalue weighted by molar-refractivity contribution is 8.00. The Balaban J connectivity index is 2.05. The monoisotopic (exact) mass is 438 g/mol. The summed E-state index contributed by atoms with van der Waals surface area (Å²) in [6.45, 7) is 1.88. The maximum Gasteiger partial charge on any atom is 0.337 e. The van der Waals surface area contributed by atoms with E-state index in [4.69, 9.17) is 4.74 Å². The molecule has 2 N–H and O–H groups in total. The van der Waals surface area contributed by atoms with E-state index in [-0.39, 0.29) is 35.6 Å². The molecule has 1 saturated heterocycles. The maximum absolute atomic E-state index is 12.4. The van der Waals surface area contributed by atoms with Crippen LogP contribution >= 0.6 is 11.8 Å². The lowest BCUT2D eigenvalue weighted by Gasteiger charge is -2.27. The number of hydrogen-bond donors (Lipinski definition) is 2. The molecule has 2 atom stereocenters. The first-order valence-corrected chi connectivity index (χ1v) is 10.0. The number of ether oxygens (including phenoxy) is 3. The van der Waals surface area contributed by atoms with Gasteiger partial charge in [0.1, 0.15) is 6.04 Å². The second kappa shape index (κ2) is 10.6. The molecule has 0 aromatic heterocycles. The molecule has 0 radical (unpaired) electrons. The smallest absolute Gasteiger partial charge is 0.337 e. The Labute approximate surface area is 177 Å². The zero-order valence-corrected chi connectivity index (χ0v) is 17.5. The van der Waals surface area contributed by atoms with Gasteiger partial charge in [-0.2, -0.15) is 0 Å². The molecule has 162 valence electrons. The van der Waals surface area contributed by atoms with Crippen molar-refractivity contribution in [3.8, 4) is 0 Å². The van der Waals surface area contributed by atoms with Crippen molar-refractivity contribution in [3.05, 3.63) is 29.3 Å². The van der Waals surface area contributed by atoms with Crippen LogP contribution in [0.4, 0.5) is 5.69 Å². The first-order chi connectivity index (χ1) is 14.3. The lowest BCUT2D eigenvalue weighted by molar-refractivity contribution is -0.146. The Hall–Kier alpha value is -3.08. The average Bonchev–Trinajstić information content (AvgIpc) is 2.73. The van der Waals surface area contributed by atoms with Gasteiger partial charge in [-0.1, -0.05) is 0 Å². The number of benzene rings is 1. The van der Waals surface area contributed by atoms with Crippen LogP contribution in [-0.4, -0.2) is 67.6 Å². The zero-order chi connectivity index (χ0) is 22.3. The molecule has 1 heterocycles. The van der Waals surface area contributed by atoms with E-state index in [1.54, 1.807) is 6.92 Å². The SMILES string of the molecule is CCOC(=O)C1CSC(CC(=O)Nc2cc(C(=O)OC)cc(C(=O)OC)c2)C(=O)N1. The van der Waals surface area contributed by atoms with Crippen molar-refractivity contribution in [1.82, 2.24) is 5.32 Å². The summed E-state index contributed by atoms with van der Waals surface area (Å²) >= 11 is 1.17. The summed E-state index contributed by atoms with van der Waals surface area (Å²) in [5, 5.41) is 4.42. The van der Waals surface area contributed by atoms with Crippen molar-refractivity contribution in [2.24, 2.45) is 0 Å². The molecule has 11 heteroatoms. The summed E-state index contributed by atoms with van der Waals surface area (Å²) in [5.41, 5.74) is 0.282. The zero-order valence-electron chi connectivity index (χ0n) is 16.7. The maximum atomic E-state index is 12.4. The van der Waals surface area contributed by atoms with E-state index in [1.807, 2.05) is 0 Å². The topological polar surface area (TPSA) is 137 Å². The third kappa shape index (κ3) is 5.96. The summed E-state index contributed by atoms with van der Waals surface area (Å²) < 4.78 is 14.2. The Morgan fingerprint density at radius 3 is 2.20 bits per heavy atom. The third-order valence-electron chi connectivity index (χ3n) is 4.07. The van der Waals surface area contributed by atoms with Crippen LogP contribution in [0.25, 0.3) is 0 Å². The van der Waals surface area contributed by atoms with Crippen molar-refractivity contribution in [2.75, 3.05) is 31.9 Å². The highest BCUT2D eigenvalue weighted by Gasteiger charge is 2.34. The minimum absolute atomic E-state index is 0.0535. The largest absolute Gasteiger partial charge is 0.465 e. The fraction of sp³-hybridized carbons (Fsp3) is 0.421. The molecule has 10 nitrogen and oxygen atoms in total. The van der Waals surface area contributed by atoms with Crippen molar-refractivity contribution in [1.29, 1.82) is 0 Å². The Morgan fingerprint density at radius 2 is 1.70 bits per heavy atom. The lowest BCUT2D eigenvalue weighted by Crippen LogP contribution is -2.51. The molecule has 2 amide bonds. The summed E-state index contributed by atoms with van der Waals surface area (Å²) in [7, 11) is 2.38. The van der Waals surface area contributed by atoms with E-state index in [0.717, 1.165) is 0 Å². The van der Waals surface area contributed by atoms with Gasteiger partial charge >= 0.3 is 17.9 Å². The number of anilines is 1. The van der Waals surface area contributed by atoms with Crippen molar-refractivity contribution < 1.29 is 38.2 Å². The first-order valence-electron chi connectivity index (χ1n) is 8.99. The van der Waals surface area contributed by atoms with Crippen LogP contribution in [0.1, 0.15) is 34.1 Å². The van der Waals surface area contributed by atoms with Gasteiger partial charge < -0.3 is 24.8 Å². The van der Waals surface area contributed by atoms with Crippen molar-refractivity contribution in [3.63, 3.8) is 0 Å². The van der Waals surface area contributed by atoms with Crippen LogP contribution in [-0.2, 0) is 28.6 Å². The van der Waals surface area contributed by atoms with Gasteiger partial charge in [0.15, 0.2) is 0 Å². The Kier molecular flexibility index (Phi) is 8.22. The molecule has 2 unspecified atom stereocenters. The summed E-state index contributed by atoms with van der Waals surface area (Å²) in [4.78, 5) is 60.0. The van der Waals surface area contributed by atoms with E-state index < -0.39 is 41.0 Å². The van der Waals surface area contributed by atoms with E-state index in [1.165, 1.54) is 44.2 Å². The molecule has 1 aromatic carbocycles. The number of esters is 3. The summed E-state index contributed by atoms with van der Waals surface area (Å²) in [5.74, 6) is -2.57. The van der Waals surface area contributed by atoms with Gasteiger partial charge in [-0.15, -0.1) is 11.8 Å². The first kappa shape index (κ1) is 23.2. The standard InChI is InChI=1S/C19H22N2O8S/c1-4-29-19(26)13-9-30-14(16(23)21-13)8-15(22)20-12-6-10(17(24)27-2)5-11(7-12)18(25)28-3/h5-7,13-14H,4,8-9H2,1-3H3,(H,20,22)(H,21,23). The molecule has 0 saturated carbocycles. The molecule has 0 bridgehead atoms. The van der Waals surface area contributed by atoms with E-state index in [9.17, 15) is 24.0 Å². The van der Waals surface area contributed by atoms with Crippen LogP contribution in [0.2, 0.25) is 0 Å². The molecule has 1 aromatic rings. The van der Waals surface area contributed by atoms with Crippen LogP contribution < -0.4 is 10.6 Å². The fourth-order valence-corrected chi connectivity index (χ4v) is 3.80. The number of thioether (sulfide) groups is 1. The third-order valence-corrected chi connectivity index (χ3v) is 5.38. The van der Waals surface area contributed by atoms with Gasteiger partial charge in [0.2, 0.25) is 11.8 Å². The summed E-state index contributed by atoms with van der Waals surface area (Å²) in [6.07, 6.45) is -0.165. The number of nitrogens with one attached hydrogen (secondary N) is 2. The fourth-order valence-electron chi connectivity index (χ4n) is 2.67. The quantitative estimate of drug-likeness (QED) is 0.467. The summed E-state index contributed by atoms with van der Waals surface area (Å²) in [6, 6.07) is 3.23. The second-order valence-corrected chi connectivity index (χ2v) is 7.41. The normalized spacial score (nSPS) is 18.0. The molecule has 0 spiro atoms. The molecular formula is C19H22N2O8S. The van der Waals surface area contributed by atoms with Crippen molar-refractivity contribution in [2.45, 2.75) is 24.6 Å². The molecular weight excluding hydrogens is 416 g/mol. The molecule has 1 aliphatic heterocycles. The molecule has 1 fully saturated rings. The Morgan fingerprint density at radius 1 is 1.10 bits per heavy atom. The number of rotatable bonds is 7. The van der Waals surface area contributed by atoms with Gasteiger partial charge in [-0.3, -0.25) is 9.59 Å². The number of hydrogen-bond acceptors (Lipinski definition) is 9. The minimum atomic E-state index is -0.749. The van der Waals surface area contributed by atoms with Gasteiger partial charge in [-0.25, -0.2) is 14.4 Å². The van der Waals surface area contributed by atoms with Gasteiger partial charge in [0.05, 0.1) is 37.2 Å². The molecule has 30 heavy (non-hydrogen) atoms. The van der Waals surface area contributed by atoms with E-state index >= 15 is 0 Å². The van der Waals surface area contributed by atoms with E-state index in [2.05, 4.69) is 20.1 Å². The van der Waals surface area contributed by atoms with Gasteiger partial charge in [0, 0.05) is 17.9 Å². The highest BCUT2D eigenvalue weighted by Crippen LogP contribution is 2.23. The molecule has 0 aliphatic carbocycles. The van der Waals surface area contributed by atoms with Crippen molar-refractivity contribution >= 4 is 47.2 Å². The number of methoxy groups -OCH3 is 2. The second-order valence-electron chi connectivity index (χ2n) is 6.17. The minimum Gasteiger partial charge on any atom is -0.465 e. The van der Waals surface area contributed by atoms with Crippen LogP contribution in [0.3, 0.4) is 0 Å². The lowest BCUT2D eigenvalue weighted by atomic mass is 10.1. The number of carbonyl (C=O) groups is 5. The highest BCUT2D eigenvalue weighted by atomic mass is 32.2. The molecule has 1 aliphatic rings. The number of carbonyl (C=O) groups excluding carboxylic acids is 5.